The van der Waals surface area contributed by atoms with Crippen LogP contribution in [0, 0.1) is 0 Å². The molecule has 1 aromatic heterocycles. The van der Waals surface area contributed by atoms with Crippen LogP contribution in [0.4, 0.5) is 0 Å². The number of rotatable bonds is 3. The van der Waals surface area contributed by atoms with Gasteiger partial charge in [-0.25, -0.2) is 9.78 Å². The topological polar surface area (TPSA) is 59.4 Å². The Hall–Kier alpha value is -1.11. The first kappa shape index (κ1) is 14.3. The number of nitrogens with zero attached hydrogens (tertiary/aromatic N) is 1. The molecule has 0 fully saturated rings. The van der Waals surface area contributed by atoms with Crippen molar-refractivity contribution >= 4 is 49.4 Å². The zero-order chi connectivity index (χ0) is 14.0. The van der Waals surface area contributed by atoms with Crippen LogP contribution in [0.1, 0.15) is 10.4 Å². The van der Waals surface area contributed by atoms with Crippen LogP contribution in [0.2, 0.25) is 5.02 Å². The number of carbonyl (C=O) groups is 1. The van der Waals surface area contributed by atoms with E-state index in [1.165, 1.54) is 12.3 Å². The summed E-state index contributed by atoms with van der Waals surface area (Å²) in [6.07, 6.45) is 1.42. The predicted molar refractivity (Wildman–Crippen MR) is 78.1 cm³/mol. The monoisotopic (exact) mass is 405 g/mol. The van der Waals surface area contributed by atoms with Gasteiger partial charge in [-0.2, -0.15) is 0 Å². The van der Waals surface area contributed by atoms with E-state index in [0.717, 1.165) is 0 Å². The Bertz CT molecular complexity index is 649. The highest BCUT2D eigenvalue weighted by Gasteiger charge is 2.14. The zero-order valence-electron chi connectivity index (χ0n) is 9.23. The van der Waals surface area contributed by atoms with Crippen LogP contribution in [0.25, 0.3) is 0 Å². The highest BCUT2D eigenvalue weighted by atomic mass is 79.9. The third-order valence-corrected chi connectivity index (χ3v) is 3.42. The fraction of sp³-hybridized carbons (Fsp3) is 0. The summed E-state index contributed by atoms with van der Waals surface area (Å²) >= 11 is 12.3. The number of carboxylic acid groups (broad SMARTS) is 1. The molecule has 7 heteroatoms. The molecule has 0 amide bonds. The third-order valence-electron chi connectivity index (χ3n) is 2.15. The van der Waals surface area contributed by atoms with E-state index < -0.39 is 5.97 Å². The van der Waals surface area contributed by atoms with E-state index in [1.807, 2.05) is 0 Å². The lowest BCUT2D eigenvalue weighted by Crippen LogP contribution is -2.00. The van der Waals surface area contributed by atoms with Crippen molar-refractivity contribution in [3.63, 3.8) is 0 Å². The van der Waals surface area contributed by atoms with Gasteiger partial charge in [0.15, 0.2) is 0 Å². The molecule has 19 heavy (non-hydrogen) atoms. The number of pyridine rings is 1. The number of aromatic carboxylic acids is 1. The van der Waals surface area contributed by atoms with Crippen LogP contribution in [0.15, 0.2) is 39.4 Å². The second kappa shape index (κ2) is 5.90. The maximum Gasteiger partial charge on any atom is 0.339 e. The lowest BCUT2D eigenvalue weighted by molar-refractivity contribution is 0.0694. The molecule has 2 aromatic rings. The zero-order valence-corrected chi connectivity index (χ0v) is 13.2. The van der Waals surface area contributed by atoms with Crippen LogP contribution in [0.5, 0.6) is 11.6 Å². The first-order chi connectivity index (χ1) is 8.97. The van der Waals surface area contributed by atoms with E-state index in [9.17, 15) is 4.79 Å². The van der Waals surface area contributed by atoms with E-state index in [1.54, 1.807) is 18.2 Å². The van der Waals surface area contributed by atoms with Crippen molar-refractivity contribution in [2.75, 3.05) is 0 Å². The van der Waals surface area contributed by atoms with Gasteiger partial charge >= 0.3 is 5.97 Å². The molecule has 1 aromatic carbocycles. The normalized spacial score (nSPS) is 10.3. The third kappa shape index (κ3) is 3.46. The molecule has 0 bridgehead atoms. The lowest BCUT2D eigenvalue weighted by Gasteiger charge is -2.09. The summed E-state index contributed by atoms with van der Waals surface area (Å²) < 4.78 is 6.75. The molecule has 0 aliphatic heterocycles. The molecule has 4 nitrogen and oxygen atoms in total. The molecule has 0 aliphatic rings. The Balaban J connectivity index is 2.42. The minimum atomic E-state index is -1.08. The fourth-order valence-corrected chi connectivity index (χ4v) is 2.40. The molecular weight excluding hydrogens is 401 g/mol. The van der Waals surface area contributed by atoms with Crippen molar-refractivity contribution in [2.24, 2.45) is 0 Å². The Morgan fingerprint density at radius 1 is 1.32 bits per heavy atom. The summed E-state index contributed by atoms with van der Waals surface area (Å²) in [6, 6.07) is 6.25. The lowest BCUT2D eigenvalue weighted by atomic mass is 10.2. The van der Waals surface area contributed by atoms with Crippen LogP contribution in [-0.2, 0) is 0 Å². The first-order valence-corrected chi connectivity index (χ1v) is 6.95. The molecule has 0 radical (unpaired) electrons. The van der Waals surface area contributed by atoms with Crippen molar-refractivity contribution in [2.45, 2.75) is 0 Å². The molecule has 0 spiro atoms. The van der Waals surface area contributed by atoms with Gasteiger partial charge in [0, 0.05) is 10.7 Å². The standard InChI is InChI=1S/C12H6Br2ClNO3/c13-6-1-2-8(12(17)18)10(3-6)19-11-9(14)4-7(15)5-16-11/h1-5H,(H,17,18). The van der Waals surface area contributed by atoms with Gasteiger partial charge in [-0.05, 0) is 40.2 Å². The maximum absolute atomic E-state index is 11.1. The summed E-state index contributed by atoms with van der Waals surface area (Å²) in [7, 11) is 0. The summed E-state index contributed by atoms with van der Waals surface area (Å²) in [5.74, 6) is -0.644. The molecule has 0 saturated heterocycles. The molecule has 0 saturated carbocycles. The Labute approximate surface area is 130 Å². The molecule has 2 rings (SSSR count). The summed E-state index contributed by atoms with van der Waals surface area (Å²) in [5.41, 5.74) is 0.0480. The van der Waals surface area contributed by atoms with Gasteiger partial charge in [-0.1, -0.05) is 27.5 Å². The fourth-order valence-electron chi connectivity index (χ4n) is 1.34. The Kier molecular flexibility index (Phi) is 4.44. The molecular formula is C12H6Br2ClNO3. The number of carboxylic acids is 1. The SMILES string of the molecule is O=C(O)c1ccc(Br)cc1Oc1ncc(Cl)cc1Br. The maximum atomic E-state index is 11.1. The minimum absolute atomic E-state index is 0.0480. The predicted octanol–water partition coefficient (Wildman–Crippen LogP) is 4.75. The average molecular weight is 407 g/mol. The van der Waals surface area contributed by atoms with Crippen molar-refractivity contribution in [3.05, 3.63) is 50.0 Å². The van der Waals surface area contributed by atoms with Crippen LogP contribution >= 0.6 is 43.5 Å². The van der Waals surface area contributed by atoms with Gasteiger partial charge in [-0.15, -0.1) is 0 Å². The molecule has 0 unspecified atom stereocenters. The van der Waals surface area contributed by atoms with Crippen molar-refractivity contribution in [1.82, 2.24) is 4.98 Å². The van der Waals surface area contributed by atoms with Gasteiger partial charge in [0.25, 0.3) is 0 Å². The summed E-state index contributed by atoms with van der Waals surface area (Å²) in [6.45, 7) is 0. The van der Waals surface area contributed by atoms with Gasteiger partial charge in [0.2, 0.25) is 5.88 Å². The van der Waals surface area contributed by atoms with Crippen molar-refractivity contribution in [1.29, 1.82) is 0 Å². The van der Waals surface area contributed by atoms with E-state index in [-0.39, 0.29) is 17.2 Å². The van der Waals surface area contributed by atoms with Gasteiger partial charge < -0.3 is 9.84 Å². The highest BCUT2D eigenvalue weighted by molar-refractivity contribution is 9.10. The average Bonchev–Trinajstić information content (AvgIpc) is 2.32. The van der Waals surface area contributed by atoms with Gasteiger partial charge in [0.1, 0.15) is 11.3 Å². The van der Waals surface area contributed by atoms with Crippen molar-refractivity contribution < 1.29 is 14.6 Å². The minimum Gasteiger partial charge on any atom is -0.478 e. The largest absolute Gasteiger partial charge is 0.478 e. The summed E-state index contributed by atoms with van der Waals surface area (Å²) in [4.78, 5) is 15.1. The summed E-state index contributed by atoms with van der Waals surface area (Å²) in [5, 5.41) is 9.55. The van der Waals surface area contributed by atoms with E-state index in [4.69, 9.17) is 21.4 Å². The highest BCUT2D eigenvalue weighted by Crippen LogP contribution is 2.32. The van der Waals surface area contributed by atoms with E-state index >= 15 is 0 Å². The molecule has 0 aliphatic carbocycles. The van der Waals surface area contributed by atoms with Gasteiger partial charge in [0.05, 0.1) is 9.50 Å². The van der Waals surface area contributed by atoms with Crippen molar-refractivity contribution in [3.8, 4) is 11.6 Å². The molecule has 98 valence electrons. The van der Waals surface area contributed by atoms with E-state index in [2.05, 4.69) is 36.8 Å². The van der Waals surface area contributed by atoms with Gasteiger partial charge in [-0.3, -0.25) is 0 Å². The molecule has 0 atom stereocenters. The molecule has 1 N–H and O–H groups in total. The number of halogens is 3. The Morgan fingerprint density at radius 3 is 2.68 bits per heavy atom. The molecule has 1 heterocycles. The second-order valence-electron chi connectivity index (χ2n) is 3.49. The quantitative estimate of drug-likeness (QED) is 0.798. The van der Waals surface area contributed by atoms with Crippen LogP contribution in [0.3, 0.4) is 0 Å². The van der Waals surface area contributed by atoms with E-state index in [0.29, 0.717) is 14.0 Å². The number of benzene rings is 1. The second-order valence-corrected chi connectivity index (χ2v) is 5.69. The van der Waals surface area contributed by atoms with Crippen LogP contribution < -0.4 is 4.74 Å². The first-order valence-electron chi connectivity index (χ1n) is 4.99. The number of hydrogen-bond acceptors (Lipinski definition) is 3. The number of aromatic nitrogens is 1. The Morgan fingerprint density at radius 2 is 2.05 bits per heavy atom. The van der Waals surface area contributed by atoms with Crippen LogP contribution in [-0.4, -0.2) is 16.1 Å². The smallest absolute Gasteiger partial charge is 0.339 e. The number of ether oxygens (including phenoxy) is 1. The number of hydrogen-bond donors (Lipinski definition) is 1.